The van der Waals surface area contributed by atoms with Crippen molar-refractivity contribution in [1.82, 2.24) is 4.98 Å². The predicted molar refractivity (Wildman–Crippen MR) is 39.9 cm³/mol. The molecule has 0 bridgehead atoms. The zero-order valence-electron chi connectivity index (χ0n) is 6.13. The summed E-state index contributed by atoms with van der Waals surface area (Å²) in [4.78, 5) is 14.6. The summed E-state index contributed by atoms with van der Waals surface area (Å²) in [5, 5.41) is 2.48. The van der Waals surface area contributed by atoms with Crippen LogP contribution in [0.2, 0.25) is 0 Å². The molecule has 0 aliphatic rings. The highest BCUT2D eigenvalue weighted by atomic mass is 16.3. The van der Waals surface area contributed by atoms with Crippen molar-refractivity contribution in [2.75, 3.05) is 5.32 Å². The summed E-state index contributed by atoms with van der Waals surface area (Å²) >= 11 is 0. The van der Waals surface area contributed by atoms with Crippen molar-refractivity contribution >= 4 is 11.7 Å². The highest BCUT2D eigenvalue weighted by molar-refractivity contribution is 6.02. The summed E-state index contributed by atoms with van der Waals surface area (Å²) in [7, 11) is 0. The molecule has 0 unspecified atom stereocenters. The molecule has 0 atom stereocenters. The van der Waals surface area contributed by atoms with Crippen molar-refractivity contribution in [3.05, 3.63) is 24.8 Å². The fraction of sp³-hybridized carbons (Fsp3) is 0.143. The molecule has 1 heterocycles. The van der Waals surface area contributed by atoms with Crippen molar-refractivity contribution in [1.29, 1.82) is 0 Å². The summed E-state index contributed by atoms with van der Waals surface area (Å²) in [6, 6.07) is 0. The number of carbonyl (C=O) groups is 1. The van der Waals surface area contributed by atoms with Gasteiger partial charge in [-0.1, -0.05) is 6.58 Å². The third kappa shape index (κ3) is 1.93. The Morgan fingerprint density at radius 3 is 3.00 bits per heavy atom. The number of hydrogen-bond acceptors (Lipinski definition) is 3. The van der Waals surface area contributed by atoms with Crippen LogP contribution in [-0.4, -0.2) is 10.9 Å². The van der Waals surface area contributed by atoms with Crippen LogP contribution in [0, 0.1) is 0 Å². The Balaban J connectivity index is 2.57. The molecule has 0 aliphatic heterocycles. The number of nitrogens with zero attached hydrogens (tertiary/aromatic N) is 1. The maximum absolute atomic E-state index is 10.9. The first kappa shape index (κ1) is 7.53. The van der Waals surface area contributed by atoms with E-state index in [9.17, 15) is 4.79 Å². The number of aromatic nitrogens is 1. The minimum Gasteiger partial charge on any atom is -0.449 e. The molecular weight excluding hydrogens is 144 g/mol. The molecule has 1 aromatic heterocycles. The van der Waals surface area contributed by atoms with Gasteiger partial charge in [-0.3, -0.25) is 4.79 Å². The van der Waals surface area contributed by atoms with E-state index in [4.69, 9.17) is 0 Å². The summed E-state index contributed by atoms with van der Waals surface area (Å²) < 4.78 is 4.64. The second-order valence-corrected chi connectivity index (χ2v) is 2.11. The lowest BCUT2D eigenvalue weighted by Crippen LogP contribution is -2.11. The highest BCUT2D eigenvalue weighted by Crippen LogP contribution is 2.02. The Kier molecular flexibility index (Phi) is 2.06. The van der Waals surface area contributed by atoms with Crippen LogP contribution >= 0.6 is 0 Å². The molecule has 0 radical (unpaired) electrons. The van der Waals surface area contributed by atoms with Gasteiger partial charge in [-0.2, -0.15) is 4.98 Å². The Bertz CT molecular complexity index is 264. The Morgan fingerprint density at radius 1 is 1.82 bits per heavy atom. The Morgan fingerprint density at radius 2 is 2.55 bits per heavy atom. The smallest absolute Gasteiger partial charge is 0.251 e. The third-order valence-electron chi connectivity index (χ3n) is 1.06. The van der Waals surface area contributed by atoms with Gasteiger partial charge in [-0.05, 0) is 6.92 Å². The van der Waals surface area contributed by atoms with Gasteiger partial charge in [0.05, 0.1) is 0 Å². The first-order valence-electron chi connectivity index (χ1n) is 3.05. The number of carbonyl (C=O) groups excluding carboxylic acids is 1. The SMILES string of the molecule is C=C(C)C(=O)Nc1cocn1. The largest absolute Gasteiger partial charge is 0.449 e. The van der Waals surface area contributed by atoms with Crippen LogP contribution in [0.4, 0.5) is 5.82 Å². The molecule has 0 saturated heterocycles. The maximum Gasteiger partial charge on any atom is 0.251 e. The van der Waals surface area contributed by atoms with Gasteiger partial charge in [-0.25, -0.2) is 0 Å². The Labute approximate surface area is 63.9 Å². The molecule has 0 aliphatic carbocycles. The van der Waals surface area contributed by atoms with Crippen LogP contribution in [-0.2, 0) is 4.79 Å². The number of rotatable bonds is 2. The van der Waals surface area contributed by atoms with E-state index < -0.39 is 0 Å². The molecule has 4 heteroatoms. The van der Waals surface area contributed by atoms with Crippen molar-refractivity contribution in [3.8, 4) is 0 Å². The van der Waals surface area contributed by atoms with E-state index in [1.54, 1.807) is 6.92 Å². The maximum atomic E-state index is 10.9. The lowest BCUT2D eigenvalue weighted by atomic mass is 10.3. The van der Waals surface area contributed by atoms with Gasteiger partial charge in [0.2, 0.25) is 0 Å². The lowest BCUT2D eigenvalue weighted by molar-refractivity contribution is -0.112. The van der Waals surface area contributed by atoms with Gasteiger partial charge in [0.15, 0.2) is 12.2 Å². The molecule has 4 nitrogen and oxygen atoms in total. The number of nitrogens with one attached hydrogen (secondary N) is 1. The van der Waals surface area contributed by atoms with Crippen LogP contribution in [0.1, 0.15) is 6.92 Å². The first-order valence-corrected chi connectivity index (χ1v) is 3.05. The molecule has 58 valence electrons. The quantitative estimate of drug-likeness (QED) is 0.647. The van der Waals surface area contributed by atoms with E-state index in [0.29, 0.717) is 11.4 Å². The standard InChI is InChI=1S/C7H8N2O2/c1-5(2)7(10)9-6-3-11-4-8-6/h3-4H,1H2,2H3,(H,9,10). The first-order chi connectivity index (χ1) is 5.20. The van der Waals surface area contributed by atoms with E-state index >= 15 is 0 Å². The second kappa shape index (κ2) is 3.01. The molecule has 0 aromatic carbocycles. The van der Waals surface area contributed by atoms with Crippen LogP contribution in [0.5, 0.6) is 0 Å². The van der Waals surface area contributed by atoms with E-state index in [0.717, 1.165) is 0 Å². The van der Waals surface area contributed by atoms with Crippen molar-refractivity contribution < 1.29 is 9.21 Å². The van der Waals surface area contributed by atoms with Crippen molar-refractivity contribution in [2.45, 2.75) is 6.92 Å². The second-order valence-electron chi connectivity index (χ2n) is 2.11. The number of oxazole rings is 1. The minimum atomic E-state index is -0.251. The monoisotopic (exact) mass is 152 g/mol. The molecule has 0 spiro atoms. The van der Waals surface area contributed by atoms with E-state index in [1.165, 1.54) is 12.7 Å². The summed E-state index contributed by atoms with van der Waals surface area (Å²) in [5.41, 5.74) is 0.438. The molecule has 1 amide bonds. The van der Waals surface area contributed by atoms with Crippen molar-refractivity contribution in [2.24, 2.45) is 0 Å². The van der Waals surface area contributed by atoms with Gasteiger partial charge in [0, 0.05) is 5.57 Å². The van der Waals surface area contributed by atoms with Gasteiger partial charge < -0.3 is 9.73 Å². The zero-order chi connectivity index (χ0) is 8.27. The van der Waals surface area contributed by atoms with Crippen LogP contribution < -0.4 is 5.32 Å². The number of amides is 1. The highest BCUT2D eigenvalue weighted by Gasteiger charge is 2.02. The van der Waals surface area contributed by atoms with Gasteiger partial charge in [0.25, 0.3) is 5.91 Å². The average Bonchev–Trinajstić information content (AvgIpc) is 2.39. The average molecular weight is 152 g/mol. The fourth-order valence-corrected chi connectivity index (χ4v) is 0.497. The van der Waals surface area contributed by atoms with E-state index in [2.05, 4.69) is 21.3 Å². The van der Waals surface area contributed by atoms with Gasteiger partial charge in [-0.15, -0.1) is 0 Å². The molecular formula is C7H8N2O2. The van der Waals surface area contributed by atoms with E-state index in [-0.39, 0.29) is 5.91 Å². The van der Waals surface area contributed by atoms with Gasteiger partial charge in [0.1, 0.15) is 6.26 Å². The number of anilines is 1. The van der Waals surface area contributed by atoms with Gasteiger partial charge >= 0.3 is 0 Å². The van der Waals surface area contributed by atoms with Crippen LogP contribution in [0.15, 0.2) is 29.2 Å². The summed E-state index contributed by atoms with van der Waals surface area (Å²) in [6.07, 6.45) is 2.59. The minimum absolute atomic E-state index is 0.251. The number of hydrogen-bond donors (Lipinski definition) is 1. The van der Waals surface area contributed by atoms with Crippen LogP contribution in [0.3, 0.4) is 0 Å². The molecule has 1 aromatic rings. The third-order valence-corrected chi connectivity index (χ3v) is 1.06. The normalized spacial score (nSPS) is 9.18. The molecule has 11 heavy (non-hydrogen) atoms. The summed E-state index contributed by atoms with van der Waals surface area (Å²) in [5.74, 6) is 0.150. The summed E-state index contributed by atoms with van der Waals surface area (Å²) in [6.45, 7) is 5.09. The molecule has 0 saturated carbocycles. The topological polar surface area (TPSA) is 55.1 Å². The molecule has 1 rings (SSSR count). The van der Waals surface area contributed by atoms with E-state index in [1.807, 2.05) is 0 Å². The Hall–Kier alpha value is -1.58. The van der Waals surface area contributed by atoms with Crippen molar-refractivity contribution in [3.63, 3.8) is 0 Å². The van der Waals surface area contributed by atoms with Crippen LogP contribution in [0.25, 0.3) is 0 Å². The lowest BCUT2D eigenvalue weighted by Gasteiger charge is -1.97. The predicted octanol–water partition coefficient (Wildman–Crippen LogP) is 1.19. The zero-order valence-corrected chi connectivity index (χ0v) is 6.13. The fourth-order valence-electron chi connectivity index (χ4n) is 0.497. The molecule has 0 fully saturated rings. The molecule has 1 N–H and O–H groups in total.